The molecule has 0 N–H and O–H groups in total. The van der Waals surface area contributed by atoms with Crippen molar-refractivity contribution in [1.82, 2.24) is 4.40 Å². The molecule has 3 rings (SSSR count). The Labute approximate surface area is 99.1 Å². The molecule has 0 saturated carbocycles. The number of aromatic nitrogens is 1. The maximum absolute atomic E-state index is 10.8. The molecular weight excluding hydrogens is 210 g/mol. The molecule has 0 aliphatic rings. The quantitative estimate of drug-likeness (QED) is 0.607. The second kappa shape index (κ2) is 3.91. The van der Waals surface area contributed by atoms with E-state index in [0.717, 1.165) is 22.9 Å². The molecule has 82 valence electrons. The van der Waals surface area contributed by atoms with Crippen LogP contribution in [0.2, 0.25) is 0 Å². The summed E-state index contributed by atoms with van der Waals surface area (Å²) in [5, 5.41) is 0. The minimum absolute atomic E-state index is 0.706. The number of rotatable bonds is 2. The first kappa shape index (κ1) is 9.85. The van der Waals surface area contributed by atoms with Gasteiger partial charge in [0.25, 0.3) is 0 Å². The van der Waals surface area contributed by atoms with E-state index in [1.807, 2.05) is 42.6 Å². The Morgan fingerprint density at radius 3 is 2.71 bits per heavy atom. The molecule has 2 nitrogen and oxygen atoms in total. The van der Waals surface area contributed by atoms with Gasteiger partial charge in [-0.15, -0.1) is 0 Å². The van der Waals surface area contributed by atoms with Gasteiger partial charge in [0.05, 0.1) is 0 Å². The second-order valence-corrected chi connectivity index (χ2v) is 4.00. The highest BCUT2D eigenvalue weighted by molar-refractivity contribution is 5.79. The fourth-order valence-corrected chi connectivity index (χ4v) is 2.00. The van der Waals surface area contributed by atoms with Crippen LogP contribution < -0.4 is 0 Å². The Kier molecular flexibility index (Phi) is 2.26. The summed E-state index contributed by atoms with van der Waals surface area (Å²) in [4.78, 5) is 10.8. The lowest BCUT2D eigenvalue weighted by Gasteiger charge is -1.97. The number of benzene rings is 1. The highest BCUT2D eigenvalue weighted by Gasteiger charge is 2.02. The Morgan fingerprint density at radius 2 is 1.88 bits per heavy atom. The van der Waals surface area contributed by atoms with Crippen molar-refractivity contribution in [2.45, 2.75) is 0 Å². The summed E-state index contributed by atoms with van der Waals surface area (Å²) in [6, 6.07) is 15.8. The van der Waals surface area contributed by atoms with Gasteiger partial charge in [-0.1, -0.05) is 24.3 Å². The molecule has 0 radical (unpaired) electrons. The maximum Gasteiger partial charge on any atom is 0.150 e. The van der Waals surface area contributed by atoms with Gasteiger partial charge in [0.1, 0.15) is 6.29 Å². The van der Waals surface area contributed by atoms with Crippen LogP contribution in [0, 0.1) is 0 Å². The first-order chi connectivity index (χ1) is 8.36. The average Bonchev–Trinajstić information content (AvgIpc) is 2.82. The number of carbonyl (C=O) groups is 1. The van der Waals surface area contributed by atoms with E-state index < -0.39 is 0 Å². The summed E-state index contributed by atoms with van der Waals surface area (Å²) < 4.78 is 2.07. The Morgan fingerprint density at radius 1 is 0.941 bits per heavy atom. The van der Waals surface area contributed by atoms with Gasteiger partial charge in [-0.05, 0) is 29.8 Å². The van der Waals surface area contributed by atoms with Crippen LogP contribution in [0.5, 0.6) is 0 Å². The highest BCUT2D eigenvalue weighted by atomic mass is 16.1. The number of hydrogen-bond donors (Lipinski definition) is 0. The SMILES string of the molecule is O=Cc1cccc(-c2cc3ccccn3c2)c1. The van der Waals surface area contributed by atoms with E-state index in [2.05, 4.69) is 22.7 Å². The molecule has 17 heavy (non-hydrogen) atoms. The molecule has 0 bridgehead atoms. The molecule has 2 heterocycles. The first-order valence-corrected chi connectivity index (χ1v) is 5.49. The topological polar surface area (TPSA) is 21.5 Å². The van der Waals surface area contributed by atoms with E-state index in [4.69, 9.17) is 0 Å². The van der Waals surface area contributed by atoms with E-state index in [1.165, 1.54) is 0 Å². The van der Waals surface area contributed by atoms with E-state index in [-0.39, 0.29) is 0 Å². The number of pyridine rings is 1. The Balaban J connectivity index is 2.16. The van der Waals surface area contributed by atoms with E-state index in [0.29, 0.717) is 5.56 Å². The van der Waals surface area contributed by atoms with Crippen LogP contribution in [0.3, 0.4) is 0 Å². The van der Waals surface area contributed by atoms with Crippen molar-refractivity contribution in [2.75, 3.05) is 0 Å². The number of carbonyl (C=O) groups excluding carboxylic acids is 1. The summed E-state index contributed by atoms with van der Waals surface area (Å²) in [7, 11) is 0. The molecule has 0 saturated heterocycles. The number of hydrogen-bond acceptors (Lipinski definition) is 1. The molecule has 0 spiro atoms. The number of nitrogens with zero attached hydrogens (tertiary/aromatic N) is 1. The van der Waals surface area contributed by atoms with Crippen molar-refractivity contribution in [3.63, 3.8) is 0 Å². The minimum atomic E-state index is 0.706. The number of aldehydes is 1. The number of fused-ring (bicyclic) bond motifs is 1. The predicted octanol–water partition coefficient (Wildman–Crippen LogP) is 3.42. The maximum atomic E-state index is 10.8. The summed E-state index contributed by atoms with van der Waals surface area (Å²) in [6.07, 6.45) is 4.96. The molecule has 3 aromatic rings. The molecule has 0 amide bonds. The molecule has 0 atom stereocenters. The monoisotopic (exact) mass is 221 g/mol. The first-order valence-electron chi connectivity index (χ1n) is 5.49. The zero-order valence-corrected chi connectivity index (χ0v) is 9.21. The van der Waals surface area contributed by atoms with Crippen molar-refractivity contribution in [1.29, 1.82) is 0 Å². The summed E-state index contributed by atoms with van der Waals surface area (Å²) in [5.74, 6) is 0. The van der Waals surface area contributed by atoms with Crippen molar-refractivity contribution < 1.29 is 4.79 Å². The Bertz CT molecular complexity index is 649. The van der Waals surface area contributed by atoms with Crippen molar-refractivity contribution >= 4 is 11.8 Å². The molecule has 0 aliphatic carbocycles. The molecule has 0 aliphatic heterocycles. The smallest absolute Gasteiger partial charge is 0.150 e. The molecule has 0 fully saturated rings. The van der Waals surface area contributed by atoms with Gasteiger partial charge < -0.3 is 4.40 Å². The fourth-order valence-electron chi connectivity index (χ4n) is 2.00. The van der Waals surface area contributed by atoms with Gasteiger partial charge in [-0.3, -0.25) is 4.79 Å². The lowest BCUT2D eigenvalue weighted by atomic mass is 10.1. The van der Waals surface area contributed by atoms with Crippen molar-refractivity contribution in [2.24, 2.45) is 0 Å². The lowest BCUT2D eigenvalue weighted by Crippen LogP contribution is -1.80. The van der Waals surface area contributed by atoms with Gasteiger partial charge in [-0.2, -0.15) is 0 Å². The molecule has 0 unspecified atom stereocenters. The molecule has 1 aromatic carbocycles. The summed E-state index contributed by atoms with van der Waals surface area (Å²) >= 11 is 0. The van der Waals surface area contributed by atoms with Gasteiger partial charge in [-0.25, -0.2) is 0 Å². The highest BCUT2D eigenvalue weighted by Crippen LogP contribution is 2.23. The Hall–Kier alpha value is -2.35. The van der Waals surface area contributed by atoms with E-state index >= 15 is 0 Å². The van der Waals surface area contributed by atoms with Gasteiger partial charge in [0, 0.05) is 29.0 Å². The normalized spacial score (nSPS) is 10.6. The third-order valence-corrected chi connectivity index (χ3v) is 2.86. The van der Waals surface area contributed by atoms with Gasteiger partial charge in [0.15, 0.2) is 0 Å². The largest absolute Gasteiger partial charge is 0.323 e. The van der Waals surface area contributed by atoms with Crippen LogP contribution in [0.1, 0.15) is 10.4 Å². The van der Waals surface area contributed by atoms with Crippen molar-refractivity contribution in [3.8, 4) is 11.1 Å². The van der Waals surface area contributed by atoms with Crippen LogP contribution in [-0.2, 0) is 0 Å². The predicted molar refractivity (Wildman–Crippen MR) is 68.2 cm³/mol. The van der Waals surface area contributed by atoms with E-state index in [1.54, 1.807) is 0 Å². The van der Waals surface area contributed by atoms with Gasteiger partial charge >= 0.3 is 0 Å². The third kappa shape index (κ3) is 1.74. The average molecular weight is 221 g/mol. The fraction of sp³-hybridized carbons (Fsp3) is 0. The lowest BCUT2D eigenvalue weighted by molar-refractivity contribution is 0.112. The summed E-state index contributed by atoms with van der Waals surface area (Å²) in [6.45, 7) is 0. The van der Waals surface area contributed by atoms with Crippen LogP contribution in [0.25, 0.3) is 16.6 Å². The minimum Gasteiger partial charge on any atom is -0.323 e. The van der Waals surface area contributed by atoms with Gasteiger partial charge in [0.2, 0.25) is 0 Å². The molecule has 2 aromatic heterocycles. The molecular formula is C15H11NO. The van der Waals surface area contributed by atoms with Crippen LogP contribution in [-0.4, -0.2) is 10.7 Å². The summed E-state index contributed by atoms with van der Waals surface area (Å²) in [5.41, 5.74) is 4.05. The third-order valence-electron chi connectivity index (χ3n) is 2.86. The standard InChI is InChI=1S/C15H11NO/c17-11-12-4-3-5-13(8-12)14-9-15-6-1-2-7-16(15)10-14/h1-11H. The van der Waals surface area contributed by atoms with E-state index in [9.17, 15) is 4.79 Å². The van der Waals surface area contributed by atoms with Crippen molar-refractivity contribution in [3.05, 3.63) is 66.5 Å². The zero-order valence-electron chi connectivity index (χ0n) is 9.21. The van der Waals surface area contributed by atoms with Crippen LogP contribution in [0.15, 0.2) is 60.9 Å². The molecule has 2 heteroatoms. The zero-order chi connectivity index (χ0) is 11.7. The second-order valence-electron chi connectivity index (χ2n) is 4.00. The van der Waals surface area contributed by atoms with Crippen LogP contribution >= 0.6 is 0 Å². The van der Waals surface area contributed by atoms with Crippen LogP contribution in [0.4, 0.5) is 0 Å².